The van der Waals surface area contributed by atoms with Crippen LogP contribution in [-0.2, 0) is 4.74 Å². The molecule has 2 N–H and O–H groups in total. The third kappa shape index (κ3) is 2.22. The highest BCUT2D eigenvalue weighted by atomic mass is 35.5. The normalized spacial score (nSPS) is 18.7. The summed E-state index contributed by atoms with van der Waals surface area (Å²) in [6.07, 6.45) is 8.11. The van der Waals surface area contributed by atoms with Crippen LogP contribution in [0.25, 0.3) is 0 Å². The molecule has 0 radical (unpaired) electrons. The van der Waals surface area contributed by atoms with E-state index in [-0.39, 0.29) is 0 Å². The molecule has 0 fully saturated rings. The Morgan fingerprint density at radius 2 is 2.33 bits per heavy atom. The lowest BCUT2D eigenvalue weighted by atomic mass is 10.2. The van der Waals surface area contributed by atoms with Crippen LogP contribution in [0.2, 0.25) is 0 Å². The maximum atomic E-state index is 10.5. The highest BCUT2D eigenvalue weighted by Crippen LogP contribution is 2.23. The quantitative estimate of drug-likeness (QED) is 0.739. The largest absolute Gasteiger partial charge is 0.411 e. The Morgan fingerprint density at radius 1 is 1.53 bits per heavy atom. The Morgan fingerprint density at radius 3 is 3.07 bits per heavy atom. The van der Waals surface area contributed by atoms with E-state index in [1.54, 1.807) is 18.2 Å². The average Bonchev–Trinajstić information content (AvgIpc) is 2.17. The first-order valence-corrected chi connectivity index (χ1v) is 4.74. The first kappa shape index (κ1) is 9.86. The van der Waals surface area contributed by atoms with Gasteiger partial charge in [-0.2, -0.15) is 0 Å². The molecule has 0 atom stereocenters. The maximum Gasteiger partial charge on any atom is 0.409 e. The van der Waals surface area contributed by atoms with Gasteiger partial charge in [0.15, 0.2) is 0 Å². The number of hydrogen-bond acceptors (Lipinski definition) is 3. The number of rotatable bonds is 1. The van der Waals surface area contributed by atoms with Crippen molar-refractivity contribution in [3.8, 4) is 0 Å². The average molecular weight is 225 g/mol. The van der Waals surface area contributed by atoms with Crippen molar-refractivity contribution in [3.63, 3.8) is 0 Å². The van der Waals surface area contributed by atoms with Gasteiger partial charge in [-0.25, -0.2) is 4.79 Å². The topological polar surface area (TPSA) is 55.6 Å². The van der Waals surface area contributed by atoms with Gasteiger partial charge in [-0.05, 0) is 18.2 Å². The molecule has 0 spiro atoms. The number of halogens is 1. The van der Waals surface area contributed by atoms with Crippen LogP contribution in [0.5, 0.6) is 0 Å². The van der Waals surface area contributed by atoms with Crippen molar-refractivity contribution in [1.29, 1.82) is 0 Å². The SMILES string of the molecule is NC(=O)OC1=CCN2C=C(Cl)C=CC2=C1. The molecule has 0 bridgehead atoms. The molecule has 0 aromatic carbocycles. The van der Waals surface area contributed by atoms with Gasteiger partial charge >= 0.3 is 6.09 Å². The molecule has 2 heterocycles. The second-order valence-corrected chi connectivity index (χ2v) is 3.53. The fourth-order valence-corrected chi connectivity index (χ4v) is 1.58. The standard InChI is InChI=1S/C10H9ClN2O2/c11-7-1-2-8-5-9(15-10(12)14)3-4-13(8)6-7/h1-3,5-6H,4H2,(H2,12,14). The number of ether oxygens (including phenoxy) is 1. The molecule has 78 valence electrons. The van der Waals surface area contributed by atoms with Crippen molar-refractivity contribution in [3.05, 3.63) is 47.0 Å². The smallest absolute Gasteiger partial charge is 0.409 e. The second kappa shape index (κ2) is 3.82. The van der Waals surface area contributed by atoms with Crippen LogP contribution >= 0.6 is 11.6 Å². The number of carbonyl (C=O) groups is 1. The highest BCUT2D eigenvalue weighted by Gasteiger charge is 2.15. The summed E-state index contributed by atoms with van der Waals surface area (Å²) in [5.41, 5.74) is 5.83. The van der Waals surface area contributed by atoms with E-state index in [2.05, 4.69) is 0 Å². The van der Waals surface area contributed by atoms with Crippen LogP contribution in [0.15, 0.2) is 47.0 Å². The monoisotopic (exact) mass is 224 g/mol. The molecule has 2 rings (SSSR count). The molecule has 1 amide bonds. The zero-order valence-corrected chi connectivity index (χ0v) is 8.57. The molecule has 15 heavy (non-hydrogen) atoms. The van der Waals surface area contributed by atoms with Gasteiger partial charge in [0.2, 0.25) is 0 Å². The van der Waals surface area contributed by atoms with Gasteiger partial charge < -0.3 is 15.4 Å². The van der Waals surface area contributed by atoms with Gasteiger partial charge in [0.05, 0.1) is 5.03 Å². The van der Waals surface area contributed by atoms with Gasteiger partial charge in [0, 0.05) is 24.5 Å². The van der Waals surface area contributed by atoms with Gasteiger partial charge in [0.1, 0.15) is 5.76 Å². The number of fused-ring (bicyclic) bond motifs is 1. The lowest BCUT2D eigenvalue weighted by Crippen LogP contribution is -2.23. The lowest BCUT2D eigenvalue weighted by molar-refractivity contribution is 0.188. The van der Waals surface area contributed by atoms with E-state index >= 15 is 0 Å². The molecule has 5 heteroatoms. The number of nitrogens with zero attached hydrogens (tertiary/aromatic N) is 1. The van der Waals surface area contributed by atoms with Crippen molar-refractivity contribution in [2.75, 3.05) is 6.54 Å². The van der Waals surface area contributed by atoms with E-state index < -0.39 is 6.09 Å². The molecule has 0 aromatic heterocycles. The predicted molar refractivity (Wildman–Crippen MR) is 56.6 cm³/mol. The number of allylic oxidation sites excluding steroid dienone is 4. The summed E-state index contributed by atoms with van der Waals surface area (Å²) in [7, 11) is 0. The zero-order valence-electron chi connectivity index (χ0n) is 7.81. The molecule has 0 saturated carbocycles. The van der Waals surface area contributed by atoms with E-state index in [0.29, 0.717) is 17.3 Å². The van der Waals surface area contributed by atoms with Gasteiger partial charge in [0.25, 0.3) is 0 Å². The van der Waals surface area contributed by atoms with Gasteiger partial charge in [-0.1, -0.05) is 11.6 Å². The van der Waals surface area contributed by atoms with Crippen molar-refractivity contribution in [1.82, 2.24) is 4.90 Å². The maximum absolute atomic E-state index is 10.5. The Labute approximate surface area is 91.9 Å². The molecule has 0 saturated heterocycles. The van der Waals surface area contributed by atoms with Crippen molar-refractivity contribution in [2.24, 2.45) is 5.73 Å². The van der Waals surface area contributed by atoms with Crippen LogP contribution in [0, 0.1) is 0 Å². The Hall–Kier alpha value is -1.68. The minimum atomic E-state index is -0.806. The molecule has 4 nitrogen and oxygen atoms in total. The first-order valence-electron chi connectivity index (χ1n) is 4.36. The third-order valence-corrected chi connectivity index (χ3v) is 2.25. The van der Waals surface area contributed by atoms with Gasteiger partial charge in [-0.3, -0.25) is 0 Å². The van der Waals surface area contributed by atoms with Crippen molar-refractivity contribution in [2.45, 2.75) is 0 Å². The number of nitrogens with two attached hydrogens (primary N) is 1. The summed E-state index contributed by atoms with van der Waals surface area (Å²) in [6, 6.07) is 0. The Balaban J connectivity index is 2.17. The molecule has 2 aliphatic rings. The molecular weight excluding hydrogens is 216 g/mol. The summed E-state index contributed by atoms with van der Waals surface area (Å²) < 4.78 is 4.78. The summed E-state index contributed by atoms with van der Waals surface area (Å²) in [4.78, 5) is 12.5. The van der Waals surface area contributed by atoms with Crippen LogP contribution in [0.3, 0.4) is 0 Å². The van der Waals surface area contributed by atoms with Crippen LogP contribution < -0.4 is 5.73 Å². The molecular formula is C10H9ClN2O2. The molecule has 0 unspecified atom stereocenters. The third-order valence-electron chi connectivity index (χ3n) is 2.02. The number of amides is 1. The minimum Gasteiger partial charge on any atom is -0.411 e. The van der Waals surface area contributed by atoms with Crippen LogP contribution in [0.1, 0.15) is 0 Å². The zero-order chi connectivity index (χ0) is 10.8. The van der Waals surface area contributed by atoms with E-state index in [1.165, 1.54) is 0 Å². The summed E-state index contributed by atoms with van der Waals surface area (Å²) in [5, 5.41) is 0.666. The number of hydrogen-bond donors (Lipinski definition) is 1. The predicted octanol–water partition coefficient (Wildman–Crippen LogP) is 1.82. The fraction of sp³-hybridized carbons (Fsp3) is 0.100. The number of primary amides is 1. The first-order chi connectivity index (χ1) is 7.15. The van der Waals surface area contributed by atoms with Gasteiger partial charge in [-0.15, -0.1) is 0 Å². The summed E-state index contributed by atoms with van der Waals surface area (Å²) in [6.45, 7) is 0.606. The second-order valence-electron chi connectivity index (χ2n) is 3.10. The number of carbonyl (C=O) groups excluding carboxylic acids is 1. The fourth-order valence-electron chi connectivity index (χ4n) is 1.40. The highest BCUT2D eigenvalue weighted by molar-refractivity contribution is 6.31. The Bertz CT molecular complexity index is 421. The van der Waals surface area contributed by atoms with E-state index in [9.17, 15) is 4.79 Å². The van der Waals surface area contributed by atoms with E-state index in [1.807, 2.05) is 17.2 Å². The summed E-state index contributed by atoms with van der Waals surface area (Å²) >= 11 is 5.84. The summed E-state index contributed by atoms with van der Waals surface area (Å²) in [5.74, 6) is 0.463. The van der Waals surface area contributed by atoms with E-state index in [0.717, 1.165) is 5.70 Å². The molecule has 0 aliphatic carbocycles. The van der Waals surface area contributed by atoms with Crippen LogP contribution in [-0.4, -0.2) is 17.5 Å². The van der Waals surface area contributed by atoms with Crippen LogP contribution in [0.4, 0.5) is 4.79 Å². The molecule has 2 aliphatic heterocycles. The minimum absolute atomic E-state index is 0.463. The molecule has 0 aromatic rings. The lowest BCUT2D eigenvalue weighted by Gasteiger charge is -2.26. The Kier molecular flexibility index (Phi) is 2.51. The van der Waals surface area contributed by atoms with Crippen molar-refractivity contribution >= 4 is 17.7 Å². The van der Waals surface area contributed by atoms with Crippen molar-refractivity contribution < 1.29 is 9.53 Å². The van der Waals surface area contributed by atoms with E-state index in [4.69, 9.17) is 22.1 Å².